The fraction of sp³-hybridized carbons (Fsp3) is 0.273. The normalized spacial score (nSPS) is 10.4. The molecule has 1 N–H and O–H groups in total. The Bertz CT molecular complexity index is 1020. The topological polar surface area (TPSA) is 105 Å². The van der Waals surface area contributed by atoms with E-state index in [2.05, 4.69) is 15.6 Å². The van der Waals surface area contributed by atoms with Gasteiger partial charge in [-0.3, -0.25) is 4.79 Å². The molecule has 0 aliphatic heterocycles. The average molecular weight is 424 g/mol. The Hall–Kier alpha value is -3.88. The fourth-order valence-corrected chi connectivity index (χ4v) is 2.88. The predicted molar refractivity (Wildman–Crippen MR) is 112 cm³/mol. The largest absolute Gasteiger partial charge is 0.493 e. The van der Waals surface area contributed by atoms with Gasteiger partial charge in [0.05, 0.1) is 27.0 Å². The van der Waals surface area contributed by atoms with Gasteiger partial charge in [0.25, 0.3) is 5.91 Å². The summed E-state index contributed by atoms with van der Waals surface area (Å²) in [7, 11) is 3.14. The van der Waals surface area contributed by atoms with E-state index in [0.29, 0.717) is 31.0 Å². The molecule has 0 atom stereocenters. The Morgan fingerprint density at radius 2 is 1.77 bits per heavy atom. The number of aromatic nitrogens is 3. The molecule has 3 rings (SSSR count). The first kappa shape index (κ1) is 21.8. The summed E-state index contributed by atoms with van der Waals surface area (Å²) in [5.74, 6) is 0.170. The maximum absolute atomic E-state index is 12.1. The number of rotatable bonds is 10. The van der Waals surface area contributed by atoms with Gasteiger partial charge in [0.15, 0.2) is 23.8 Å². The van der Waals surface area contributed by atoms with Crippen molar-refractivity contribution in [3.63, 3.8) is 0 Å². The second-order valence-electron chi connectivity index (χ2n) is 6.65. The monoisotopic (exact) mass is 424 g/mol. The number of hydrogen-bond donors (Lipinski definition) is 1. The van der Waals surface area contributed by atoms with Crippen LogP contribution in [0.15, 0.2) is 54.7 Å². The molecule has 0 unspecified atom stereocenters. The molecule has 9 heteroatoms. The summed E-state index contributed by atoms with van der Waals surface area (Å²) in [4.78, 5) is 24.1. The molecule has 31 heavy (non-hydrogen) atoms. The number of carbonyl (C=O) groups excluding carboxylic acids is 2. The second kappa shape index (κ2) is 10.8. The molecule has 0 fully saturated rings. The molecular formula is C22H24N4O5. The van der Waals surface area contributed by atoms with Crippen LogP contribution >= 0.6 is 0 Å². The van der Waals surface area contributed by atoms with Crippen LogP contribution in [-0.2, 0) is 22.5 Å². The van der Waals surface area contributed by atoms with E-state index in [9.17, 15) is 9.59 Å². The maximum Gasteiger partial charge on any atom is 0.361 e. The second-order valence-corrected chi connectivity index (χ2v) is 6.65. The van der Waals surface area contributed by atoms with E-state index in [-0.39, 0.29) is 5.69 Å². The van der Waals surface area contributed by atoms with Crippen molar-refractivity contribution in [1.82, 2.24) is 20.3 Å². The van der Waals surface area contributed by atoms with E-state index in [1.54, 1.807) is 14.2 Å². The van der Waals surface area contributed by atoms with Crippen LogP contribution in [0.5, 0.6) is 11.5 Å². The van der Waals surface area contributed by atoms with E-state index in [1.807, 2.05) is 48.5 Å². The van der Waals surface area contributed by atoms with E-state index < -0.39 is 18.5 Å². The Labute approximate surface area is 179 Å². The van der Waals surface area contributed by atoms with Gasteiger partial charge in [0.1, 0.15) is 0 Å². The summed E-state index contributed by atoms with van der Waals surface area (Å²) in [5, 5.41) is 10.4. The lowest BCUT2D eigenvalue weighted by molar-refractivity contribution is -0.124. The highest BCUT2D eigenvalue weighted by molar-refractivity contribution is 5.89. The Morgan fingerprint density at radius 1 is 1.00 bits per heavy atom. The summed E-state index contributed by atoms with van der Waals surface area (Å²) in [6.45, 7) is 0.479. The number of hydrogen-bond acceptors (Lipinski definition) is 7. The Kier molecular flexibility index (Phi) is 7.58. The van der Waals surface area contributed by atoms with Crippen LogP contribution in [-0.4, -0.2) is 54.2 Å². The van der Waals surface area contributed by atoms with Crippen molar-refractivity contribution >= 4 is 11.9 Å². The van der Waals surface area contributed by atoms with Crippen molar-refractivity contribution < 1.29 is 23.8 Å². The zero-order chi connectivity index (χ0) is 22.1. The third-order valence-corrected chi connectivity index (χ3v) is 4.45. The Balaban J connectivity index is 1.41. The molecule has 0 radical (unpaired) electrons. The SMILES string of the molecule is COc1ccc(CCNC(=O)COC(=O)c2cn(Cc3ccccc3)nn2)cc1OC. The first-order chi connectivity index (χ1) is 15.1. The zero-order valence-corrected chi connectivity index (χ0v) is 17.4. The highest BCUT2D eigenvalue weighted by atomic mass is 16.5. The van der Waals surface area contributed by atoms with Crippen LogP contribution in [0.3, 0.4) is 0 Å². The summed E-state index contributed by atoms with van der Waals surface area (Å²) in [6.07, 6.45) is 2.08. The van der Waals surface area contributed by atoms with Gasteiger partial charge >= 0.3 is 5.97 Å². The van der Waals surface area contributed by atoms with Gasteiger partial charge in [-0.15, -0.1) is 5.10 Å². The van der Waals surface area contributed by atoms with E-state index in [0.717, 1.165) is 11.1 Å². The average Bonchev–Trinajstić information content (AvgIpc) is 3.26. The number of nitrogens with one attached hydrogen (secondary N) is 1. The number of ether oxygens (including phenoxy) is 3. The minimum Gasteiger partial charge on any atom is -0.493 e. The molecule has 9 nitrogen and oxygen atoms in total. The highest BCUT2D eigenvalue weighted by Gasteiger charge is 2.14. The number of carbonyl (C=O) groups is 2. The van der Waals surface area contributed by atoms with Crippen LogP contribution < -0.4 is 14.8 Å². The van der Waals surface area contributed by atoms with Gasteiger partial charge in [-0.1, -0.05) is 41.6 Å². The first-order valence-electron chi connectivity index (χ1n) is 9.68. The van der Waals surface area contributed by atoms with Gasteiger partial charge in [0, 0.05) is 6.54 Å². The molecule has 0 aliphatic rings. The molecule has 162 valence electrons. The molecule has 0 spiro atoms. The number of esters is 1. The van der Waals surface area contributed by atoms with Crippen molar-refractivity contribution in [1.29, 1.82) is 0 Å². The van der Waals surface area contributed by atoms with E-state index in [4.69, 9.17) is 14.2 Å². The molecule has 1 heterocycles. The van der Waals surface area contributed by atoms with Crippen molar-refractivity contribution in [2.45, 2.75) is 13.0 Å². The molecule has 0 saturated heterocycles. The number of benzene rings is 2. The first-order valence-corrected chi connectivity index (χ1v) is 9.68. The summed E-state index contributed by atoms with van der Waals surface area (Å²) < 4.78 is 17.0. The third kappa shape index (κ3) is 6.30. The predicted octanol–water partition coefficient (Wildman–Crippen LogP) is 1.86. The van der Waals surface area contributed by atoms with Gasteiger partial charge in [-0.2, -0.15) is 0 Å². The zero-order valence-electron chi connectivity index (χ0n) is 17.4. The van der Waals surface area contributed by atoms with Gasteiger partial charge < -0.3 is 19.5 Å². The molecular weight excluding hydrogens is 400 g/mol. The van der Waals surface area contributed by atoms with E-state index >= 15 is 0 Å². The lowest BCUT2D eigenvalue weighted by Crippen LogP contribution is -2.30. The minimum absolute atomic E-state index is 0.0501. The molecule has 0 saturated carbocycles. The van der Waals surface area contributed by atoms with Crippen molar-refractivity contribution in [3.05, 3.63) is 71.5 Å². The smallest absolute Gasteiger partial charge is 0.361 e. The quantitative estimate of drug-likeness (QED) is 0.495. The van der Waals surface area contributed by atoms with Crippen LogP contribution in [0.25, 0.3) is 0 Å². The maximum atomic E-state index is 12.1. The molecule has 1 amide bonds. The van der Waals surface area contributed by atoms with Gasteiger partial charge in [-0.25, -0.2) is 9.48 Å². The van der Waals surface area contributed by atoms with Gasteiger partial charge in [-0.05, 0) is 29.7 Å². The summed E-state index contributed by atoms with van der Waals surface area (Å²) in [6, 6.07) is 15.2. The van der Waals surface area contributed by atoms with Gasteiger partial charge in [0.2, 0.25) is 0 Å². The standard InChI is InChI=1S/C22H24N4O5/c1-29-19-9-8-16(12-20(19)30-2)10-11-23-21(27)15-31-22(28)18-14-26(25-24-18)13-17-6-4-3-5-7-17/h3-9,12,14H,10-11,13,15H2,1-2H3,(H,23,27). The molecule has 1 aromatic heterocycles. The van der Waals surface area contributed by atoms with Crippen molar-refractivity contribution in [2.75, 3.05) is 27.4 Å². The fourth-order valence-electron chi connectivity index (χ4n) is 2.88. The summed E-state index contributed by atoms with van der Waals surface area (Å²) in [5.41, 5.74) is 2.06. The number of amides is 1. The Morgan fingerprint density at radius 3 is 2.52 bits per heavy atom. The van der Waals surface area contributed by atoms with E-state index in [1.165, 1.54) is 10.9 Å². The minimum atomic E-state index is -0.700. The number of nitrogens with zero attached hydrogens (tertiary/aromatic N) is 3. The third-order valence-electron chi connectivity index (χ3n) is 4.45. The molecule has 0 bridgehead atoms. The summed E-state index contributed by atoms with van der Waals surface area (Å²) >= 11 is 0. The molecule has 0 aliphatic carbocycles. The number of methoxy groups -OCH3 is 2. The van der Waals surface area contributed by atoms with Crippen molar-refractivity contribution in [3.8, 4) is 11.5 Å². The van der Waals surface area contributed by atoms with Crippen molar-refractivity contribution in [2.24, 2.45) is 0 Å². The lowest BCUT2D eigenvalue weighted by atomic mass is 10.1. The van der Waals surface area contributed by atoms with Crippen LogP contribution in [0.1, 0.15) is 21.6 Å². The van der Waals surface area contributed by atoms with Crippen LogP contribution in [0.4, 0.5) is 0 Å². The highest BCUT2D eigenvalue weighted by Crippen LogP contribution is 2.27. The molecule has 2 aromatic carbocycles. The lowest BCUT2D eigenvalue weighted by Gasteiger charge is -2.10. The van der Waals surface area contributed by atoms with Crippen LogP contribution in [0.2, 0.25) is 0 Å². The molecule has 3 aromatic rings. The van der Waals surface area contributed by atoms with Crippen LogP contribution in [0, 0.1) is 0 Å².